The fraction of sp³-hybridized carbons (Fsp3) is 0.364. The van der Waals surface area contributed by atoms with Gasteiger partial charge in [-0.05, 0) is 30.7 Å². The Labute approximate surface area is 120 Å². The molecular weight excluding hydrogens is 329 g/mol. The molecule has 0 heterocycles. The van der Waals surface area contributed by atoms with E-state index in [1.165, 1.54) is 0 Å². The standard InChI is InChI=1S/C11H13BrClNO2.ClH/c1-2-16-11(15)6-10(14)8-5-7(12)3-4-9(8)13;/h3-5,10H,2,6,14H2,1H3;1H/t10-;/m1./s1. The zero-order valence-corrected chi connectivity index (χ0v) is 12.4. The average molecular weight is 343 g/mol. The number of rotatable bonds is 4. The highest BCUT2D eigenvalue weighted by molar-refractivity contribution is 9.10. The third-order valence-electron chi connectivity index (χ3n) is 2.05. The first-order valence-corrected chi connectivity index (χ1v) is 6.07. The fourth-order valence-electron chi connectivity index (χ4n) is 1.31. The van der Waals surface area contributed by atoms with Crippen LogP contribution in [-0.4, -0.2) is 12.6 Å². The summed E-state index contributed by atoms with van der Waals surface area (Å²) < 4.78 is 5.71. The number of ether oxygens (including phenoxy) is 1. The van der Waals surface area contributed by atoms with Gasteiger partial charge < -0.3 is 10.5 Å². The molecule has 0 spiro atoms. The van der Waals surface area contributed by atoms with Crippen molar-refractivity contribution in [1.82, 2.24) is 0 Å². The molecule has 0 aliphatic rings. The van der Waals surface area contributed by atoms with Crippen LogP contribution in [0.5, 0.6) is 0 Å². The molecule has 1 rings (SSSR count). The molecule has 1 aromatic carbocycles. The van der Waals surface area contributed by atoms with Crippen molar-refractivity contribution in [2.75, 3.05) is 6.61 Å². The van der Waals surface area contributed by atoms with Gasteiger partial charge in [0.15, 0.2) is 0 Å². The summed E-state index contributed by atoms with van der Waals surface area (Å²) in [4.78, 5) is 11.3. The minimum Gasteiger partial charge on any atom is -0.466 e. The van der Waals surface area contributed by atoms with Crippen LogP contribution >= 0.6 is 39.9 Å². The minimum atomic E-state index is -0.441. The summed E-state index contributed by atoms with van der Waals surface area (Å²) in [7, 11) is 0. The Morgan fingerprint density at radius 3 is 2.82 bits per heavy atom. The lowest BCUT2D eigenvalue weighted by Crippen LogP contribution is -2.17. The third kappa shape index (κ3) is 5.25. The number of carbonyl (C=O) groups excluding carboxylic acids is 1. The summed E-state index contributed by atoms with van der Waals surface area (Å²) in [5, 5.41) is 0.556. The average Bonchev–Trinajstić information content (AvgIpc) is 2.21. The topological polar surface area (TPSA) is 52.3 Å². The Morgan fingerprint density at radius 2 is 2.24 bits per heavy atom. The first kappa shape index (κ1) is 16.7. The molecule has 1 atom stereocenters. The largest absolute Gasteiger partial charge is 0.466 e. The Bertz CT molecular complexity index is 388. The molecule has 0 amide bonds. The summed E-state index contributed by atoms with van der Waals surface area (Å²) in [6.07, 6.45) is 0.129. The van der Waals surface area contributed by atoms with Crippen molar-refractivity contribution in [3.8, 4) is 0 Å². The van der Waals surface area contributed by atoms with Gasteiger partial charge in [-0.15, -0.1) is 12.4 Å². The molecule has 96 valence electrons. The quantitative estimate of drug-likeness (QED) is 0.852. The maximum absolute atomic E-state index is 11.3. The number of nitrogens with two attached hydrogens (primary N) is 1. The Hall–Kier alpha value is -0.290. The van der Waals surface area contributed by atoms with Gasteiger partial charge in [0.25, 0.3) is 0 Å². The van der Waals surface area contributed by atoms with Crippen LogP contribution in [0.1, 0.15) is 24.9 Å². The molecule has 0 unspecified atom stereocenters. The van der Waals surface area contributed by atoms with E-state index in [2.05, 4.69) is 15.9 Å². The van der Waals surface area contributed by atoms with E-state index in [0.29, 0.717) is 11.6 Å². The van der Waals surface area contributed by atoms with Gasteiger partial charge in [0.2, 0.25) is 0 Å². The SMILES string of the molecule is CCOC(=O)C[C@@H](N)c1cc(Br)ccc1Cl.Cl. The number of carbonyl (C=O) groups is 1. The summed E-state index contributed by atoms with van der Waals surface area (Å²) in [6, 6.07) is 4.94. The number of benzene rings is 1. The Morgan fingerprint density at radius 1 is 1.59 bits per heavy atom. The molecule has 17 heavy (non-hydrogen) atoms. The molecule has 0 aliphatic carbocycles. The second-order valence-electron chi connectivity index (χ2n) is 3.28. The number of halogens is 3. The lowest BCUT2D eigenvalue weighted by Gasteiger charge is -2.13. The summed E-state index contributed by atoms with van der Waals surface area (Å²) in [6.45, 7) is 2.12. The second kappa shape index (κ2) is 7.93. The highest BCUT2D eigenvalue weighted by Crippen LogP contribution is 2.27. The first-order valence-electron chi connectivity index (χ1n) is 4.90. The number of hydrogen-bond donors (Lipinski definition) is 1. The summed E-state index contributed by atoms with van der Waals surface area (Å²) >= 11 is 9.33. The van der Waals surface area contributed by atoms with Crippen molar-refractivity contribution in [3.05, 3.63) is 33.3 Å². The van der Waals surface area contributed by atoms with Gasteiger partial charge in [-0.1, -0.05) is 27.5 Å². The molecule has 0 radical (unpaired) electrons. The predicted molar refractivity (Wildman–Crippen MR) is 74.6 cm³/mol. The van der Waals surface area contributed by atoms with E-state index >= 15 is 0 Å². The van der Waals surface area contributed by atoms with Gasteiger partial charge in [0.1, 0.15) is 0 Å². The van der Waals surface area contributed by atoms with E-state index in [1.807, 2.05) is 12.1 Å². The zero-order chi connectivity index (χ0) is 12.1. The van der Waals surface area contributed by atoms with Gasteiger partial charge in [-0.2, -0.15) is 0 Å². The molecule has 0 bridgehead atoms. The minimum absolute atomic E-state index is 0. The molecule has 0 aromatic heterocycles. The maximum Gasteiger partial charge on any atom is 0.307 e. The van der Waals surface area contributed by atoms with Gasteiger partial charge in [0, 0.05) is 15.5 Å². The van der Waals surface area contributed by atoms with Crippen LogP contribution in [0.4, 0.5) is 0 Å². The fourth-order valence-corrected chi connectivity index (χ4v) is 1.94. The van der Waals surface area contributed by atoms with E-state index in [0.717, 1.165) is 10.0 Å². The van der Waals surface area contributed by atoms with E-state index < -0.39 is 6.04 Å². The molecule has 6 heteroatoms. The van der Waals surface area contributed by atoms with E-state index in [4.69, 9.17) is 22.1 Å². The third-order valence-corrected chi connectivity index (χ3v) is 2.89. The Balaban J connectivity index is 0.00000256. The van der Waals surface area contributed by atoms with Crippen molar-refractivity contribution in [3.63, 3.8) is 0 Å². The van der Waals surface area contributed by atoms with Crippen molar-refractivity contribution >= 4 is 45.9 Å². The monoisotopic (exact) mass is 341 g/mol. The van der Waals surface area contributed by atoms with Crippen LogP contribution in [0, 0.1) is 0 Å². The van der Waals surface area contributed by atoms with E-state index in [-0.39, 0.29) is 24.8 Å². The lowest BCUT2D eigenvalue weighted by atomic mass is 10.1. The molecule has 0 aliphatic heterocycles. The lowest BCUT2D eigenvalue weighted by molar-refractivity contribution is -0.143. The molecule has 3 nitrogen and oxygen atoms in total. The van der Waals surface area contributed by atoms with Gasteiger partial charge >= 0.3 is 5.97 Å². The van der Waals surface area contributed by atoms with Gasteiger partial charge in [0.05, 0.1) is 13.0 Å². The van der Waals surface area contributed by atoms with Crippen molar-refractivity contribution in [1.29, 1.82) is 0 Å². The predicted octanol–water partition coefficient (Wildman–Crippen LogP) is 3.48. The summed E-state index contributed by atoms with van der Waals surface area (Å²) in [5.74, 6) is -0.314. The van der Waals surface area contributed by atoms with Crippen LogP contribution < -0.4 is 5.73 Å². The van der Waals surface area contributed by atoms with E-state index in [9.17, 15) is 4.79 Å². The zero-order valence-electron chi connectivity index (χ0n) is 9.28. The second-order valence-corrected chi connectivity index (χ2v) is 4.60. The highest BCUT2D eigenvalue weighted by Gasteiger charge is 2.15. The highest BCUT2D eigenvalue weighted by atomic mass is 79.9. The van der Waals surface area contributed by atoms with Crippen molar-refractivity contribution in [2.24, 2.45) is 5.73 Å². The molecule has 0 saturated heterocycles. The van der Waals surface area contributed by atoms with Crippen LogP contribution in [0.3, 0.4) is 0 Å². The maximum atomic E-state index is 11.3. The van der Waals surface area contributed by atoms with Gasteiger partial charge in [-0.25, -0.2) is 0 Å². The molecular formula is C11H14BrCl2NO2. The normalized spacial score (nSPS) is 11.5. The number of hydrogen-bond acceptors (Lipinski definition) is 3. The van der Waals surface area contributed by atoms with Crippen molar-refractivity contribution in [2.45, 2.75) is 19.4 Å². The molecule has 0 saturated carbocycles. The van der Waals surface area contributed by atoms with Crippen LogP contribution in [-0.2, 0) is 9.53 Å². The van der Waals surface area contributed by atoms with Crippen molar-refractivity contribution < 1.29 is 9.53 Å². The molecule has 2 N–H and O–H groups in total. The van der Waals surface area contributed by atoms with Gasteiger partial charge in [-0.3, -0.25) is 4.79 Å². The Kier molecular flexibility index (Phi) is 7.79. The van der Waals surface area contributed by atoms with E-state index in [1.54, 1.807) is 13.0 Å². The first-order chi connectivity index (χ1) is 7.54. The number of esters is 1. The van der Waals surface area contributed by atoms with Crippen LogP contribution in [0.2, 0.25) is 5.02 Å². The smallest absolute Gasteiger partial charge is 0.307 e. The van der Waals surface area contributed by atoms with Crippen LogP contribution in [0.25, 0.3) is 0 Å². The van der Waals surface area contributed by atoms with Crippen LogP contribution in [0.15, 0.2) is 22.7 Å². The summed E-state index contributed by atoms with van der Waals surface area (Å²) in [5.41, 5.74) is 6.63. The molecule has 0 fully saturated rings. The molecule has 1 aromatic rings.